The number of rotatable bonds is 4. The van der Waals surface area contributed by atoms with Gasteiger partial charge in [0.2, 0.25) is 0 Å². The quantitative estimate of drug-likeness (QED) is 0.942. The van der Waals surface area contributed by atoms with Gasteiger partial charge in [-0.05, 0) is 28.9 Å². The summed E-state index contributed by atoms with van der Waals surface area (Å²) in [6, 6.07) is 5.86. The number of hydrogen-bond acceptors (Lipinski definition) is 4. The van der Waals surface area contributed by atoms with Crippen molar-refractivity contribution in [1.82, 2.24) is 4.98 Å². The number of nitrogens with zero attached hydrogens (tertiary/aromatic N) is 1. The van der Waals surface area contributed by atoms with E-state index in [1.165, 1.54) is 0 Å². The van der Waals surface area contributed by atoms with Crippen LogP contribution >= 0.6 is 27.3 Å². The maximum Gasteiger partial charge on any atom is 0.138 e. The normalized spacial score (nSPS) is 10.5. The minimum absolute atomic E-state index is 0.463. The van der Waals surface area contributed by atoms with Gasteiger partial charge in [-0.15, -0.1) is 11.3 Å². The van der Waals surface area contributed by atoms with E-state index < -0.39 is 0 Å². The third-order valence-electron chi connectivity index (χ3n) is 2.30. The molecule has 1 aromatic carbocycles. The van der Waals surface area contributed by atoms with E-state index in [1.807, 2.05) is 30.5 Å². The van der Waals surface area contributed by atoms with Gasteiger partial charge >= 0.3 is 0 Å². The maximum absolute atomic E-state index is 5.78. The largest absolute Gasteiger partial charge is 0.486 e. The molecule has 0 radical (unpaired) electrons. The van der Waals surface area contributed by atoms with Gasteiger partial charge in [-0.3, -0.25) is 0 Å². The predicted octanol–water partition coefficient (Wildman–Crippen LogP) is 3.25. The number of hydrogen-bond donors (Lipinski definition) is 1. The van der Waals surface area contributed by atoms with Gasteiger partial charge in [0, 0.05) is 17.5 Å². The van der Waals surface area contributed by atoms with Crippen LogP contribution in [0.3, 0.4) is 0 Å². The Morgan fingerprint density at radius 1 is 1.47 bits per heavy atom. The molecule has 2 rings (SSSR count). The SMILES string of the molecule is Cc1nc(COc2c(Br)cccc2CN)cs1. The van der Waals surface area contributed by atoms with Crippen LogP contribution < -0.4 is 10.5 Å². The third-order valence-corrected chi connectivity index (χ3v) is 3.75. The highest BCUT2D eigenvalue weighted by molar-refractivity contribution is 9.10. The second kappa shape index (κ2) is 5.62. The van der Waals surface area contributed by atoms with Crippen molar-refractivity contribution in [2.75, 3.05) is 0 Å². The summed E-state index contributed by atoms with van der Waals surface area (Å²) < 4.78 is 6.70. The van der Waals surface area contributed by atoms with Crippen molar-refractivity contribution in [1.29, 1.82) is 0 Å². The molecule has 2 aromatic rings. The molecule has 0 saturated carbocycles. The summed E-state index contributed by atoms with van der Waals surface area (Å²) in [5, 5.41) is 3.06. The summed E-state index contributed by atoms with van der Waals surface area (Å²) in [6.07, 6.45) is 0. The molecule has 1 heterocycles. The number of ether oxygens (including phenoxy) is 1. The molecule has 0 bridgehead atoms. The van der Waals surface area contributed by atoms with Crippen molar-refractivity contribution >= 4 is 27.3 Å². The molecule has 0 saturated heterocycles. The van der Waals surface area contributed by atoms with Crippen LogP contribution in [0.25, 0.3) is 0 Å². The van der Waals surface area contributed by atoms with Crippen molar-refractivity contribution in [3.63, 3.8) is 0 Å². The zero-order chi connectivity index (χ0) is 12.3. The number of thiazole rings is 1. The summed E-state index contributed by atoms with van der Waals surface area (Å²) >= 11 is 5.09. The monoisotopic (exact) mass is 312 g/mol. The first-order valence-electron chi connectivity index (χ1n) is 5.22. The Labute approximate surface area is 113 Å². The first-order chi connectivity index (χ1) is 8.20. The van der Waals surface area contributed by atoms with Gasteiger partial charge in [0.15, 0.2) is 0 Å². The second-order valence-electron chi connectivity index (χ2n) is 3.58. The predicted molar refractivity (Wildman–Crippen MR) is 73.2 cm³/mol. The molecular formula is C12H13BrN2OS. The zero-order valence-corrected chi connectivity index (χ0v) is 11.8. The van der Waals surface area contributed by atoms with Gasteiger partial charge in [-0.2, -0.15) is 0 Å². The molecule has 0 aliphatic rings. The average Bonchev–Trinajstić information content (AvgIpc) is 2.73. The zero-order valence-electron chi connectivity index (χ0n) is 9.44. The Morgan fingerprint density at radius 2 is 2.29 bits per heavy atom. The summed E-state index contributed by atoms with van der Waals surface area (Å²) in [6.45, 7) is 2.92. The number of halogens is 1. The van der Waals surface area contributed by atoms with Gasteiger partial charge in [-0.25, -0.2) is 4.98 Å². The average molecular weight is 313 g/mol. The van der Waals surface area contributed by atoms with Crippen LogP contribution in [-0.4, -0.2) is 4.98 Å². The van der Waals surface area contributed by atoms with Crippen molar-refractivity contribution in [3.05, 3.63) is 44.3 Å². The number of para-hydroxylation sites is 1. The molecule has 2 N–H and O–H groups in total. The van der Waals surface area contributed by atoms with Crippen molar-refractivity contribution in [3.8, 4) is 5.75 Å². The van der Waals surface area contributed by atoms with E-state index in [1.54, 1.807) is 11.3 Å². The smallest absolute Gasteiger partial charge is 0.138 e. The summed E-state index contributed by atoms with van der Waals surface area (Å²) in [5.41, 5.74) is 7.62. The molecule has 0 amide bonds. The van der Waals surface area contributed by atoms with E-state index in [9.17, 15) is 0 Å². The third kappa shape index (κ3) is 3.06. The number of aromatic nitrogens is 1. The Bertz CT molecular complexity index is 513. The highest BCUT2D eigenvalue weighted by atomic mass is 79.9. The Balaban J connectivity index is 2.13. The first-order valence-corrected chi connectivity index (χ1v) is 6.89. The fourth-order valence-electron chi connectivity index (χ4n) is 1.50. The van der Waals surface area contributed by atoms with Crippen LogP contribution in [0.2, 0.25) is 0 Å². The lowest BCUT2D eigenvalue weighted by Crippen LogP contribution is -2.03. The molecule has 0 fully saturated rings. The molecule has 0 atom stereocenters. The molecule has 0 aliphatic carbocycles. The van der Waals surface area contributed by atoms with Gasteiger partial charge in [0.1, 0.15) is 12.4 Å². The van der Waals surface area contributed by atoms with Gasteiger partial charge in [0.05, 0.1) is 15.2 Å². The summed E-state index contributed by atoms with van der Waals surface area (Å²) in [7, 11) is 0. The van der Waals surface area contributed by atoms with Crippen molar-refractivity contribution in [2.24, 2.45) is 5.73 Å². The number of aryl methyl sites for hydroxylation is 1. The molecule has 0 unspecified atom stereocenters. The second-order valence-corrected chi connectivity index (χ2v) is 5.50. The Hall–Kier alpha value is -0.910. The van der Waals surface area contributed by atoms with E-state index in [-0.39, 0.29) is 0 Å². The molecule has 0 spiro atoms. The standard InChI is InChI=1S/C12H13BrN2OS/c1-8-15-10(7-17-8)6-16-12-9(5-14)3-2-4-11(12)13/h2-4,7H,5-6,14H2,1H3. The van der Waals surface area contributed by atoms with Crippen LogP contribution in [0.15, 0.2) is 28.1 Å². The first kappa shape index (κ1) is 12.5. The van der Waals surface area contributed by atoms with Gasteiger partial charge in [-0.1, -0.05) is 12.1 Å². The molecule has 17 heavy (non-hydrogen) atoms. The van der Waals surface area contributed by atoms with Crippen LogP contribution in [0.4, 0.5) is 0 Å². The minimum atomic E-state index is 0.463. The van der Waals surface area contributed by atoms with E-state index >= 15 is 0 Å². The van der Waals surface area contributed by atoms with Crippen LogP contribution in [-0.2, 0) is 13.2 Å². The van der Waals surface area contributed by atoms with Crippen LogP contribution in [0.1, 0.15) is 16.3 Å². The molecule has 3 nitrogen and oxygen atoms in total. The molecule has 90 valence electrons. The Morgan fingerprint density at radius 3 is 2.94 bits per heavy atom. The highest BCUT2D eigenvalue weighted by Crippen LogP contribution is 2.29. The fourth-order valence-corrected chi connectivity index (χ4v) is 2.62. The van der Waals surface area contributed by atoms with Gasteiger partial charge < -0.3 is 10.5 Å². The lowest BCUT2D eigenvalue weighted by Gasteiger charge is -2.11. The lowest BCUT2D eigenvalue weighted by molar-refractivity contribution is 0.297. The summed E-state index contributed by atoms with van der Waals surface area (Å²) in [5.74, 6) is 0.806. The van der Waals surface area contributed by atoms with Gasteiger partial charge in [0.25, 0.3) is 0 Å². The maximum atomic E-state index is 5.78. The van der Waals surface area contributed by atoms with Crippen molar-refractivity contribution < 1.29 is 4.74 Å². The van der Waals surface area contributed by atoms with Crippen LogP contribution in [0.5, 0.6) is 5.75 Å². The molecule has 5 heteroatoms. The minimum Gasteiger partial charge on any atom is -0.486 e. The topological polar surface area (TPSA) is 48.1 Å². The van der Waals surface area contributed by atoms with E-state index in [0.29, 0.717) is 13.2 Å². The van der Waals surface area contributed by atoms with E-state index in [0.717, 1.165) is 26.5 Å². The highest BCUT2D eigenvalue weighted by Gasteiger charge is 2.08. The molecule has 1 aromatic heterocycles. The molecular weight excluding hydrogens is 300 g/mol. The van der Waals surface area contributed by atoms with Crippen LogP contribution in [0, 0.1) is 6.92 Å². The summed E-state index contributed by atoms with van der Waals surface area (Å²) in [4.78, 5) is 4.36. The van der Waals surface area contributed by atoms with E-state index in [2.05, 4.69) is 20.9 Å². The number of benzene rings is 1. The Kier molecular flexibility index (Phi) is 4.15. The number of nitrogens with two attached hydrogens (primary N) is 1. The molecule has 0 aliphatic heterocycles. The van der Waals surface area contributed by atoms with E-state index in [4.69, 9.17) is 10.5 Å². The lowest BCUT2D eigenvalue weighted by atomic mass is 10.2. The van der Waals surface area contributed by atoms with Crippen molar-refractivity contribution in [2.45, 2.75) is 20.1 Å². The fraction of sp³-hybridized carbons (Fsp3) is 0.250.